The summed E-state index contributed by atoms with van der Waals surface area (Å²) in [5, 5.41) is 3.12. The summed E-state index contributed by atoms with van der Waals surface area (Å²) in [4.78, 5) is 16.8. The molecule has 0 aliphatic rings. The van der Waals surface area contributed by atoms with E-state index in [1.807, 2.05) is 32.9 Å². The molecule has 0 fully saturated rings. The van der Waals surface area contributed by atoms with Crippen LogP contribution in [-0.4, -0.2) is 23.2 Å². The third-order valence-electron chi connectivity index (χ3n) is 2.59. The Morgan fingerprint density at radius 1 is 1.52 bits per heavy atom. The van der Waals surface area contributed by atoms with Crippen molar-refractivity contribution in [3.8, 4) is 0 Å². The standard InChI is InChI=1S/C14H18ClN3O2S/c1-14(2,3)20-13(19)17-7-8(16)11-6-9-10(21-11)4-5-12(15)18-9/h4-6,8H,7,16H2,1-3H3,(H,17,19). The van der Waals surface area contributed by atoms with Crippen LogP contribution in [0.25, 0.3) is 10.2 Å². The lowest BCUT2D eigenvalue weighted by Crippen LogP contribution is -2.36. The van der Waals surface area contributed by atoms with E-state index in [4.69, 9.17) is 22.1 Å². The van der Waals surface area contributed by atoms with Gasteiger partial charge in [0.2, 0.25) is 0 Å². The van der Waals surface area contributed by atoms with Gasteiger partial charge in [-0.3, -0.25) is 0 Å². The zero-order valence-corrected chi connectivity index (χ0v) is 13.7. The maximum absolute atomic E-state index is 11.6. The highest BCUT2D eigenvalue weighted by molar-refractivity contribution is 7.19. The first kappa shape index (κ1) is 16.0. The van der Waals surface area contributed by atoms with Gasteiger partial charge in [0, 0.05) is 11.4 Å². The Hall–Kier alpha value is -1.37. The fourth-order valence-corrected chi connectivity index (χ4v) is 2.87. The fourth-order valence-electron chi connectivity index (χ4n) is 1.71. The van der Waals surface area contributed by atoms with Crippen LogP contribution in [0, 0.1) is 0 Å². The van der Waals surface area contributed by atoms with E-state index in [1.165, 1.54) is 0 Å². The highest BCUT2D eigenvalue weighted by Crippen LogP contribution is 2.28. The molecule has 0 bridgehead atoms. The molecule has 2 rings (SSSR count). The van der Waals surface area contributed by atoms with Gasteiger partial charge in [-0.2, -0.15) is 0 Å². The van der Waals surface area contributed by atoms with Crippen LogP contribution in [0.1, 0.15) is 31.7 Å². The predicted octanol–water partition coefficient (Wildman–Crippen LogP) is 3.47. The van der Waals surface area contributed by atoms with E-state index in [-0.39, 0.29) is 6.04 Å². The average Bonchev–Trinajstić information content (AvgIpc) is 2.76. The van der Waals surface area contributed by atoms with Gasteiger partial charge in [-0.15, -0.1) is 11.3 Å². The molecule has 0 aromatic carbocycles. The fraction of sp³-hybridized carbons (Fsp3) is 0.429. The molecule has 1 atom stereocenters. The number of alkyl carbamates (subject to hydrolysis) is 1. The van der Waals surface area contributed by atoms with E-state index >= 15 is 0 Å². The van der Waals surface area contributed by atoms with Gasteiger partial charge in [-0.1, -0.05) is 11.6 Å². The number of nitrogens with one attached hydrogen (secondary N) is 1. The van der Waals surface area contributed by atoms with Crippen LogP contribution < -0.4 is 11.1 Å². The number of hydrogen-bond acceptors (Lipinski definition) is 5. The molecule has 2 aromatic heterocycles. The molecule has 0 saturated carbocycles. The van der Waals surface area contributed by atoms with Crippen molar-refractivity contribution in [2.24, 2.45) is 5.73 Å². The van der Waals surface area contributed by atoms with Gasteiger partial charge in [0.15, 0.2) is 0 Å². The number of rotatable bonds is 3. The van der Waals surface area contributed by atoms with Crippen LogP contribution in [0.3, 0.4) is 0 Å². The SMILES string of the molecule is CC(C)(C)OC(=O)NCC(N)c1cc2nc(Cl)ccc2s1. The van der Waals surface area contributed by atoms with Crippen molar-refractivity contribution >= 4 is 39.2 Å². The van der Waals surface area contributed by atoms with E-state index in [0.717, 1.165) is 15.1 Å². The number of aromatic nitrogens is 1. The van der Waals surface area contributed by atoms with E-state index in [9.17, 15) is 4.79 Å². The zero-order valence-electron chi connectivity index (χ0n) is 12.1. The molecule has 0 spiro atoms. The topological polar surface area (TPSA) is 77.2 Å². The van der Waals surface area contributed by atoms with Gasteiger partial charge in [0.1, 0.15) is 10.8 Å². The minimum atomic E-state index is -0.521. The first-order chi connectivity index (χ1) is 9.74. The number of carbonyl (C=O) groups is 1. The number of thiophene rings is 1. The molecule has 114 valence electrons. The molecular weight excluding hydrogens is 310 g/mol. The van der Waals surface area contributed by atoms with E-state index in [1.54, 1.807) is 17.4 Å². The van der Waals surface area contributed by atoms with Crippen LogP contribution in [0.15, 0.2) is 18.2 Å². The highest BCUT2D eigenvalue weighted by atomic mass is 35.5. The molecule has 21 heavy (non-hydrogen) atoms. The summed E-state index contributed by atoms with van der Waals surface area (Å²) in [6.45, 7) is 5.74. The van der Waals surface area contributed by atoms with E-state index in [0.29, 0.717) is 11.7 Å². The number of pyridine rings is 1. The molecule has 7 heteroatoms. The second kappa shape index (κ2) is 6.17. The Morgan fingerprint density at radius 2 is 2.24 bits per heavy atom. The third kappa shape index (κ3) is 4.56. The molecule has 5 nitrogen and oxygen atoms in total. The zero-order chi connectivity index (χ0) is 15.6. The van der Waals surface area contributed by atoms with Gasteiger partial charge in [-0.25, -0.2) is 9.78 Å². The van der Waals surface area contributed by atoms with Crippen molar-refractivity contribution in [2.75, 3.05) is 6.54 Å². The molecule has 0 saturated heterocycles. The Balaban J connectivity index is 1.99. The van der Waals surface area contributed by atoms with Crippen molar-refractivity contribution in [3.63, 3.8) is 0 Å². The molecule has 2 aromatic rings. The summed E-state index contributed by atoms with van der Waals surface area (Å²) < 4.78 is 6.18. The minimum Gasteiger partial charge on any atom is -0.444 e. The van der Waals surface area contributed by atoms with Gasteiger partial charge >= 0.3 is 6.09 Å². The van der Waals surface area contributed by atoms with Gasteiger partial charge in [-0.05, 0) is 39.0 Å². The maximum atomic E-state index is 11.6. The summed E-state index contributed by atoms with van der Waals surface area (Å²) in [6.07, 6.45) is -0.472. The van der Waals surface area contributed by atoms with Gasteiger partial charge in [0.05, 0.1) is 16.3 Å². The first-order valence-electron chi connectivity index (χ1n) is 6.53. The summed E-state index contributed by atoms with van der Waals surface area (Å²) in [5.74, 6) is 0. The minimum absolute atomic E-state index is 0.301. The number of ether oxygens (including phenoxy) is 1. The number of amides is 1. The monoisotopic (exact) mass is 327 g/mol. The largest absolute Gasteiger partial charge is 0.444 e. The molecule has 1 amide bonds. The van der Waals surface area contributed by atoms with Gasteiger partial charge in [0.25, 0.3) is 0 Å². The van der Waals surface area contributed by atoms with Crippen molar-refractivity contribution in [1.82, 2.24) is 10.3 Å². The van der Waals surface area contributed by atoms with Crippen LogP contribution >= 0.6 is 22.9 Å². The lowest BCUT2D eigenvalue weighted by Gasteiger charge is -2.20. The number of carbonyl (C=O) groups excluding carboxylic acids is 1. The number of hydrogen-bond donors (Lipinski definition) is 2. The Morgan fingerprint density at radius 3 is 2.90 bits per heavy atom. The Bertz CT molecular complexity index is 651. The smallest absolute Gasteiger partial charge is 0.407 e. The number of nitrogens with zero attached hydrogens (tertiary/aromatic N) is 1. The molecule has 0 aliphatic carbocycles. The van der Waals surface area contributed by atoms with Crippen molar-refractivity contribution < 1.29 is 9.53 Å². The van der Waals surface area contributed by atoms with Crippen LogP contribution in [0.4, 0.5) is 4.79 Å². The maximum Gasteiger partial charge on any atom is 0.407 e. The van der Waals surface area contributed by atoms with Gasteiger partial charge < -0.3 is 15.8 Å². The summed E-state index contributed by atoms with van der Waals surface area (Å²) in [6, 6.07) is 5.24. The van der Waals surface area contributed by atoms with Crippen molar-refractivity contribution in [1.29, 1.82) is 0 Å². The average molecular weight is 328 g/mol. The number of nitrogens with two attached hydrogens (primary N) is 1. The van der Waals surface area contributed by atoms with Crippen LogP contribution in [0.5, 0.6) is 0 Å². The van der Waals surface area contributed by atoms with Crippen molar-refractivity contribution in [3.05, 3.63) is 28.2 Å². The van der Waals surface area contributed by atoms with Crippen LogP contribution in [-0.2, 0) is 4.74 Å². The second-order valence-electron chi connectivity index (χ2n) is 5.66. The lowest BCUT2D eigenvalue weighted by atomic mass is 10.2. The lowest BCUT2D eigenvalue weighted by molar-refractivity contribution is 0.0524. The predicted molar refractivity (Wildman–Crippen MR) is 85.8 cm³/mol. The highest BCUT2D eigenvalue weighted by Gasteiger charge is 2.17. The number of halogens is 1. The quantitative estimate of drug-likeness (QED) is 0.846. The molecule has 0 radical (unpaired) electrons. The molecule has 3 N–H and O–H groups in total. The molecule has 0 aliphatic heterocycles. The molecule has 2 heterocycles. The second-order valence-corrected chi connectivity index (χ2v) is 7.16. The van der Waals surface area contributed by atoms with E-state index in [2.05, 4.69) is 10.3 Å². The Kier molecular flexibility index (Phi) is 4.70. The summed E-state index contributed by atoms with van der Waals surface area (Å²) in [5.41, 5.74) is 6.38. The van der Waals surface area contributed by atoms with Crippen LogP contribution in [0.2, 0.25) is 5.15 Å². The normalized spacial score (nSPS) is 13.2. The third-order valence-corrected chi connectivity index (χ3v) is 4.02. The summed E-state index contributed by atoms with van der Waals surface area (Å²) >= 11 is 7.40. The first-order valence-corrected chi connectivity index (χ1v) is 7.72. The summed E-state index contributed by atoms with van der Waals surface area (Å²) in [7, 11) is 0. The molecular formula is C14H18ClN3O2S. The number of fused-ring (bicyclic) bond motifs is 1. The van der Waals surface area contributed by atoms with Crippen molar-refractivity contribution in [2.45, 2.75) is 32.4 Å². The Labute approximate surface area is 132 Å². The van der Waals surface area contributed by atoms with E-state index < -0.39 is 11.7 Å². The molecule has 1 unspecified atom stereocenters.